The highest BCUT2D eigenvalue weighted by molar-refractivity contribution is 6.00. The number of anilines is 1. The predicted octanol–water partition coefficient (Wildman–Crippen LogP) is 2.59. The van der Waals surface area contributed by atoms with E-state index in [4.69, 9.17) is 16.9 Å². The molecule has 0 radical (unpaired) electrons. The molecular formula is C14H14FN3. The van der Waals surface area contributed by atoms with Gasteiger partial charge in [-0.15, -0.1) is 0 Å². The molecule has 0 fully saturated rings. The number of hydrogen-bond acceptors (Lipinski definition) is 2. The third kappa shape index (κ3) is 2.18. The molecule has 0 aromatic heterocycles. The summed E-state index contributed by atoms with van der Waals surface area (Å²) < 4.78 is 14.2. The van der Waals surface area contributed by atoms with Crippen molar-refractivity contribution >= 4 is 17.1 Å². The summed E-state index contributed by atoms with van der Waals surface area (Å²) in [6, 6.07) is 3.17. The zero-order valence-corrected chi connectivity index (χ0v) is 9.78. The second kappa shape index (κ2) is 4.87. The normalized spacial score (nSPS) is 14.2. The molecule has 0 bridgehead atoms. The van der Waals surface area contributed by atoms with Crippen LogP contribution in [0.1, 0.15) is 17.5 Å². The Balaban J connectivity index is 2.51. The molecule has 0 spiro atoms. The maximum absolute atomic E-state index is 14.2. The van der Waals surface area contributed by atoms with Gasteiger partial charge in [-0.2, -0.15) is 0 Å². The van der Waals surface area contributed by atoms with Gasteiger partial charge in [-0.3, -0.25) is 5.41 Å². The first kappa shape index (κ1) is 12.1. The molecule has 0 heterocycles. The van der Waals surface area contributed by atoms with Gasteiger partial charge in [0.25, 0.3) is 0 Å². The van der Waals surface area contributed by atoms with Crippen molar-refractivity contribution in [3.05, 3.63) is 59.5 Å². The number of rotatable bonds is 2. The SMILES string of the molecule is N=C(N)c1ccc(C2=CCC=CC=C2)c(F)c1N. The van der Waals surface area contributed by atoms with Gasteiger partial charge in [0.1, 0.15) is 5.84 Å². The lowest BCUT2D eigenvalue weighted by atomic mass is 10.00. The number of halogens is 1. The molecule has 4 heteroatoms. The van der Waals surface area contributed by atoms with Gasteiger partial charge in [0.2, 0.25) is 0 Å². The molecule has 3 nitrogen and oxygen atoms in total. The molecule has 0 aliphatic heterocycles. The van der Waals surface area contributed by atoms with Gasteiger partial charge in [0.15, 0.2) is 5.82 Å². The first-order valence-electron chi connectivity index (χ1n) is 5.57. The smallest absolute Gasteiger partial charge is 0.154 e. The number of allylic oxidation sites excluding steroid dienone is 6. The van der Waals surface area contributed by atoms with Crippen LogP contribution in [-0.2, 0) is 0 Å². The molecule has 1 aromatic carbocycles. The summed E-state index contributed by atoms with van der Waals surface area (Å²) >= 11 is 0. The predicted molar refractivity (Wildman–Crippen MR) is 72.7 cm³/mol. The summed E-state index contributed by atoms with van der Waals surface area (Å²) in [5.41, 5.74) is 12.4. The van der Waals surface area contributed by atoms with E-state index in [0.29, 0.717) is 5.56 Å². The van der Waals surface area contributed by atoms with Crippen molar-refractivity contribution in [2.24, 2.45) is 5.73 Å². The second-order valence-electron chi connectivity index (χ2n) is 3.98. The number of hydrogen-bond donors (Lipinski definition) is 3. The lowest BCUT2D eigenvalue weighted by Gasteiger charge is -2.10. The van der Waals surface area contributed by atoms with E-state index < -0.39 is 5.82 Å². The average Bonchev–Trinajstić information content (AvgIpc) is 2.60. The van der Waals surface area contributed by atoms with Gasteiger partial charge in [-0.05, 0) is 18.1 Å². The number of amidine groups is 1. The average molecular weight is 243 g/mol. The van der Waals surface area contributed by atoms with Crippen LogP contribution in [0.3, 0.4) is 0 Å². The Morgan fingerprint density at radius 1 is 1.28 bits per heavy atom. The Morgan fingerprint density at radius 2 is 2.06 bits per heavy atom. The lowest BCUT2D eigenvalue weighted by molar-refractivity contribution is 0.628. The van der Waals surface area contributed by atoms with Crippen molar-refractivity contribution in [3.8, 4) is 0 Å². The molecule has 2 rings (SSSR count). The van der Waals surface area contributed by atoms with Crippen LogP contribution < -0.4 is 11.5 Å². The molecule has 0 saturated carbocycles. The van der Waals surface area contributed by atoms with E-state index in [0.717, 1.165) is 12.0 Å². The summed E-state index contributed by atoms with van der Waals surface area (Å²) in [5, 5.41) is 7.32. The minimum Gasteiger partial charge on any atom is -0.396 e. The summed E-state index contributed by atoms with van der Waals surface area (Å²) in [4.78, 5) is 0. The van der Waals surface area contributed by atoms with Crippen LogP contribution >= 0.6 is 0 Å². The molecule has 0 atom stereocenters. The van der Waals surface area contributed by atoms with Crippen LogP contribution in [0.2, 0.25) is 0 Å². The fourth-order valence-corrected chi connectivity index (χ4v) is 1.83. The second-order valence-corrected chi connectivity index (χ2v) is 3.98. The van der Waals surface area contributed by atoms with Gasteiger partial charge in [-0.1, -0.05) is 36.4 Å². The maximum Gasteiger partial charge on any atom is 0.154 e. The highest BCUT2D eigenvalue weighted by atomic mass is 19.1. The quantitative estimate of drug-likeness (QED) is 0.424. The largest absolute Gasteiger partial charge is 0.396 e. The molecule has 1 aliphatic carbocycles. The molecule has 18 heavy (non-hydrogen) atoms. The Kier molecular flexibility index (Phi) is 3.28. The van der Waals surface area contributed by atoms with E-state index in [9.17, 15) is 4.39 Å². The highest BCUT2D eigenvalue weighted by Gasteiger charge is 2.14. The van der Waals surface area contributed by atoms with Crippen LogP contribution in [0.25, 0.3) is 5.57 Å². The van der Waals surface area contributed by atoms with E-state index in [1.807, 2.05) is 30.4 Å². The zero-order valence-electron chi connectivity index (χ0n) is 9.78. The van der Waals surface area contributed by atoms with Crippen molar-refractivity contribution in [1.29, 1.82) is 5.41 Å². The number of nitrogens with two attached hydrogens (primary N) is 2. The third-order valence-corrected chi connectivity index (χ3v) is 2.78. The fraction of sp³-hybridized carbons (Fsp3) is 0.0714. The van der Waals surface area contributed by atoms with Crippen LogP contribution in [0.15, 0.2) is 42.5 Å². The van der Waals surface area contributed by atoms with E-state index >= 15 is 0 Å². The fourth-order valence-electron chi connectivity index (χ4n) is 1.83. The third-order valence-electron chi connectivity index (χ3n) is 2.78. The lowest BCUT2D eigenvalue weighted by Crippen LogP contribution is -2.15. The summed E-state index contributed by atoms with van der Waals surface area (Å²) in [7, 11) is 0. The molecule has 5 N–H and O–H groups in total. The minimum atomic E-state index is -0.527. The topological polar surface area (TPSA) is 75.9 Å². The molecular weight excluding hydrogens is 229 g/mol. The molecule has 92 valence electrons. The van der Waals surface area contributed by atoms with Crippen molar-refractivity contribution in [3.63, 3.8) is 0 Å². The minimum absolute atomic E-state index is 0.0773. The van der Waals surface area contributed by atoms with Gasteiger partial charge >= 0.3 is 0 Å². The molecule has 1 aromatic rings. The van der Waals surface area contributed by atoms with E-state index in [2.05, 4.69) is 0 Å². The van der Waals surface area contributed by atoms with E-state index in [1.54, 1.807) is 12.1 Å². The molecule has 0 amide bonds. The van der Waals surface area contributed by atoms with Gasteiger partial charge in [-0.25, -0.2) is 4.39 Å². The van der Waals surface area contributed by atoms with Crippen LogP contribution in [0.5, 0.6) is 0 Å². The summed E-state index contributed by atoms with van der Waals surface area (Å²) in [5.74, 6) is -0.759. The van der Waals surface area contributed by atoms with Gasteiger partial charge in [0, 0.05) is 11.1 Å². The van der Waals surface area contributed by atoms with Crippen LogP contribution in [0, 0.1) is 11.2 Å². The summed E-state index contributed by atoms with van der Waals surface area (Å²) in [6.45, 7) is 0. The van der Waals surface area contributed by atoms with Crippen molar-refractivity contribution in [2.45, 2.75) is 6.42 Å². The van der Waals surface area contributed by atoms with Crippen molar-refractivity contribution in [1.82, 2.24) is 0 Å². The maximum atomic E-state index is 14.2. The monoisotopic (exact) mass is 243 g/mol. The van der Waals surface area contributed by atoms with Crippen LogP contribution in [-0.4, -0.2) is 5.84 Å². The van der Waals surface area contributed by atoms with Gasteiger partial charge < -0.3 is 11.5 Å². The number of nitrogen functional groups attached to an aromatic ring is 2. The van der Waals surface area contributed by atoms with Crippen LogP contribution in [0.4, 0.5) is 10.1 Å². The zero-order chi connectivity index (χ0) is 13.1. The first-order chi connectivity index (χ1) is 8.61. The standard InChI is InChI=1S/C14H14FN3/c15-12-10(9-5-3-1-2-4-6-9)7-8-11(13(12)16)14(17)18/h1-3,5-8H,4,16H2,(H3,17,18). The van der Waals surface area contributed by atoms with Gasteiger partial charge in [0.05, 0.1) is 5.69 Å². The first-order valence-corrected chi connectivity index (χ1v) is 5.57. The molecule has 1 aliphatic rings. The number of nitrogens with one attached hydrogen (secondary N) is 1. The Bertz CT molecular complexity index is 583. The molecule has 0 saturated heterocycles. The van der Waals surface area contributed by atoms with E-state index in [-0.39, 0.29) is 17.1 Å². The van der Waals surface area contributed by atoms with E-state index in [1.165, 1.54) is 0 Å². The highest BCUT2D eigenvalue weighted by Crippen LogP contribution is 2.27. The Hall–Kier alpha value is -2.36. The Morgan fingerprint density at radius 3 is 2.78 bits per heavy atom. The van der Waals surface area contributed by atoms with Crippen molar-refractivity contribution in [2.75, 3.05) is 5.73 Å². The van der Waals surface area contributed by atoms with Crippen molar-refractivity contribution < 1.29 is 4.39 Å². The summed E-state index contributed by atoms with van der Waals surface area (Å²) in [6.07, 6.45) is 10.2. The Labute approximate surface area is 105 Å². The molecule has 0 unspecified atom stereocenters. The number of benzene rings is 1.